The van der Waals surface area contributed by atoms with Gasteiger partial charge in [-0.25, -0.2) is 4.79 Å². The van der Waals surface area contributed by atoms with E-state index in [0.29, 0.717) is 19.6 Å². The molecule has 5 heteroatoms. The summed E-state index contributed by atoms with van der Waals surface area (Å²) in [6.45, 7) is 10.5. The number of likely N-dealkylation sites (tertiary alicyclic amines) is 1. The predicted molar refractivity (Wildman–Crippen MR) is 105 cm³/mol. The monoisotopic (exact) mass is 373 g/mol. The van der Waals surface area contributed by atoms with E-state index in [9.17, 15) is 9.59 Å². The number of hydrogen-bond donors (Lipinski definition) is 0. The van der Waals surface area contributed by atoms with Crippen molar-refractivity contribution in [2.45, 2.75) is 65.3 Å². The van der Waals surface area contributed by atoms with Crippen LogP contribution in [-0.2, 0) is 25.6 Å². The zero-order chi connectivity index (χ0) is 20.0. The maximum atomic E-state index is 12.8. The maximum Gasteiger partial charge on any atom is 0.330 e. The average Bonchev–Trinajstić information content (AvgIpc) is 2.89. The molecule has 0 aromatic heterocycles. The third-order valence-corrected chi connectivity index (χ3v) is 4.59. The fourth-order valence-electron chi connectivity index (χ4n) is 3.45. The van der Waals surface area contributed by atoms with E-state index in [1.54, 1.807) is 13.0 Å². The number of carbonyl (C=O) groups excluding carboxylic acids is 2. The van der Waals surface area contributed by atoms with Crippen LogP contribution < -0.4 is 0 Å². The lowest BCUT2D eigenvalue weighted by Crippen LogP contribution is -2.38. The first kappa shape index (κ1) is 21.2. The van der Waals surface area contributed by atoms with Crippen LogP contribution in [0.3, 0.4) is 0 Å². The Balaban J connectivity index is 2.24. The van der Waals surface area contributed by atoms with Crippen molar-refractivity contribution in [1.29, 1.82) is 0 Å². The Labute approximate surface area is 162 Å². The van der Waals surface area contributed by atoms with E-state index in [4.69, 9.17) is 9.47 Å². The summed E-state index contributed by atoms with van der Waals surface area (Å²) in [5.74, 6) is -0.920. The Morgan fingerprint density at radius 1 is 1.22 bits per heavy atom. The quantitative estimate of drug-likeness (QED) is 0.562. The molecule has 0 spiro atoms. The van der Waals surface area contributed by atoms with Gasteiger partial charge in [-0.3, -0.25) is 9.69 Å². The molecule has 1 fully saturated rings. The van der Waals surface area contributed by atoms with Crippen molar-refractivity contribution < 1.29 is 19.1 Å². The van der Waals surface area contributed by atoms with Gasteiger partial charge in [-0.2, -0.15) is 0 Å². The van der Waals surface area contributed by atoms with Crippen molar-refractivity contribution in [3.63, 3.8) is 0 Å². The average molecular weight is 373 g/mol. The molecule has 0 aliphatic carbocycles. The lowest BCUT2D eigenvalue weighted by molar-refractivity contribution is -0.160. The molecule has 148 valence electrons. The van der Waals surface area contributed by atoms with Crippen LogP contribution in [0.1, 0.15) is 46.6 Å². The minimum atomic E-state index is -0.539. The van der Waals surface area contributed by atoms with Crippen LogP contribution in [0.2, 0.25) is 0 Å². The van der Waals surface area contributed by atoms with Crippen LogP contribution in [0.4, 0.5) is 0 Å². The van der Waals surface area contributed by atoms with Crippen molar-refractivity contribution >= 4 is 11.9 Å². The lowest BCUT2D eigenvalue weighted by atomic mass is 9.98. The maximum absolute atomic E-state index is 12.8. The number of nitrogens with zero attached hydrogens (tertiary/aromatic N) is 1. The fraction of sp³-hybridized carbons (Fsp3) is 0.545. The van der Waals surface area contributed by atoms with Crippen molar-refractivity contribution in [3.05, 3.63) is 48.0 Å². The normalized spacial score (nSPS) is 23.5. The molecule has 0 bridgehead atoms. The molecule has 5 nitrogen and oxygen atoms in total. The van der Waals surface area contributed by atoms with Crippen LogP contribution in [0.25, 0.3) is 0 Å². The van der Waals surface area contributed by atoms with Crippen LogP contribution in [-0.4, -0.2) is 41.1 Å². The largest absolute Gasteiger partial charge is 0.463 e. The number of rotatable bonds is 6. The van der Waals surface area contributed by atoms with Gasteiger partial charge in [-0.1, -0.05) is 36.4 Å². The lowest BCUT2D eigenvalue weighted by Gasteiger charge is -2.29. The van der Waals surface area contributed by atoms with Gasteiger partial charge >= 0.3 is 11.9 Å². The van der Waals surface area contributed by atoms with Crippen molar-refractivity contribution in [3.8, 4) is 0 Å². The zero-order valence-corrected chi connectivity index (χ0v) is 17.0. The minimum absolute atomic E-state index is 0.194. The molecule has 2 rings (SSSR count). The highest BCUT2D eigenvalue weighted by Gasteiger charge is 2.43. The van der Waals surface area contributed by atoms with Crippen LogP contribution >= 0.6 is 0 Å². The number of benzene rings is 1. The Hall–Kier alpha value is -2.14. The highest BCUT2D eigenvalue weighted by atomic mass is 16.6. The summed E-state index contributed by atoms with van der Waals surface area (Å²) in [5.41, 5.74) is 0.631. The van der Waals surface area contributed by atoms with E-state index in [0.717, 1.165) is 0 Å². The van der Waals surface area contributed by atoms with Gasteiger partial charge in [-0.15, -0.1) is 0 Å². The van der Waals surface area contributed by atoms with Crippen LogP contribution in [0.15, 0.2) is 42.5 Å². The van der Waals surface area contributed by atoms with Gasteiger partial charge < -0.3 is 9.47 Å². The Morgan fingerprint density at radius 3 is 2.48 bits per heavy atom. The molecule has 0 saturated carbocycles. The summed E-state index contributed by atoms with van der Waals surface area (Å²) in [4.78, 5) is 26.8. The highest BCUT2D eigenvalue weighted by Crippen LogP contribution is 2.34. The second kappa shape index (κ2) is 9.18. The summed E-state index contributed by atoms with van der Waals surface area (Å²) in [7, 11) is 0. The zero-order valence-electron chi connectivity index (χ0n) is 17.0. The fourth-order valence-corrected chi connectivity index (χ4v) is 3.45. The van der Waals surface area contributed by atoms with E-state index < -0.39 is 5.60 Å². The summed E-state index contributed by atoms with van der Waals surface area (Å²) in [5, 5.41) is 0. The Bertz CT molecular complexity index is 663. The summed E-state index contributed by atoms with van der Waals surface area (Å²) in [6.07, 6.45) is 3.92. The molecule has 1 aliphatic rings. The highest BCUT2D eigenvalue weighted by molar-refractivity contribution is 5.82. The van der Waals surface area contributed by atoms with Gasteiger partial charge in [0.15, 0.2) is 0 Å². The SMILES string of the molecule is CCOC(=O)/C=C/[C@H]1[C@@H](C(=O)OC(C)(C)C)C[C@H](C)N1Cc1ccccc1. The van der Waals surface area contributed by atoms with Gasteiger partial charge in [-0.05, 0) is 46.6 Å². The molecule has 1 aliphatic heterocycles. The van der Waals surface area contributed by atoms with Crippen LogP contribution in [0, 0.1) is 5.92 Å². The number of carbonyl (C=O) groups is 2. The van der Waals surface area contributed by atoms with Crippen LogP contribution in [0.5, 0.6) is 0 Å². The first-order valence-electron chi connectivity index (χ1n) is 9.58. The molecule has 0 radical (unpaired) electrons. The molecule has 27 heavy (non-hydrogen) atoms. The smallest absolute Gasteiger partial charge is 0.330 e. The van der Waals surface area contributed by atoms with E-state index in [-0.39, 0.29) is 29.9 Å². The van der Waals surface area contributed by atoms with Gasteiger partial charge in [0.05, 0.1) is 12.5 Å². The first-order chi connectivity index (χ1) is 12.7. The summed E-state index contributed by atoms with van der Waals surface area (Å²) >= 11 is 0. The third kappa shape index (κ3) is 6.21. The molecule has 0 amide bonds. The van der Waals surface area contributed by atoms with E-state index in [2.05, 4.69) is 24.0 Å². The molecule has 1 saturated heterocycles. The minimum Gasteiger partial charge on any atom is -0.463 e. The van der Waals surface area contributed by atoms with Gasteiger partial charge in [0.25, 0.3) is 0 Å². The predicted octanol–water partition coefficient (Wildman–Crippen LogP) is 3.73. The third-order valence-electron chi connectivity index (χ3n) is 4.59. The van der Waals surface area contributed by atoms with Gasteiger partial charge in [0.2, 0.25) is 0 Å². The molecular formula is C22H31NO4. The standard InChI is InChI=1S/C22H31NO4/c1-6-26-20(24)13-12-19-18(21(25)27-22(3,4)5)14-16(2)23(19)15-17-10-8-7-9-11-17/h7-13,16,18-19H,6,14-15H2,1-5H3/b13-12+/t16-,18-,19-/m0/s1. The Kier molecular flexibility index (Phi) is 7.19. The molecule has 0 N–H and O–H groups in total. The molecule has 1 heterocycles. The van der Waals surface area contributed by atoms with Crippen molar-refractivity contribution in [1.82, 2.24) is 4.90 Å². The molecule has 0 unspecified atom stereocenters. The van der Waals surface area contributed by atoms with E-state index in [1.165, 1.54) is 11.6 Å². The van der Waals surface area contributed by atoms with E-state index >= 15 is 0 Å². The number of hydrogen-bond acceptors (Lipinski definition) is 5. The van der Waals surface area contributed by atoms with E-state index in [1.807, 2.05) is 39.0 Å². The van der Waals surface area contributed by atoms with Crippen molar-refractivity contribution in [2.75, 3.05) is 6.61 Å². The number of ether oxygens (including phenoxy) is 2. The van der Waals surface area contributed by atoms with Gasteiger partial charge in [0.1, 0.15) is 5.60 Å². The second-order valence-corrected chi connectivity index (χ2v) is 7.98. The first-order valence-corrected chi connectivity index (χ1v) is 9.58. The second-order valence-electron chi connectivity index (χ2n) is 7.98. The summed E-state index contributed by atoms with van der Waals surface area (Å²) < 4.78 is 10.6. The van der Waals surface area contributed by atoms with Gasteiger partial charge in [0, 0.05) is 24.7 Å². The molecular weight excluding hydrogens is 342 g/mol. The van der Waals surface area contributed by atoms with Crippen molar-refractivity contribution in [2.24, 2.45) is 5.92 Å². The molecule has 1 aromatic rings. The Morgan fingerprint density at radius 2 is 1.89 bits per heavy atom. The molecule has 1 aromatic carbocycles. The molecule has 3 atom stereocenters. The number of esters is 2. The topological polar surface area (TPSA) is 55.8 Å². The summed E-state index contributed by atoms with van der Waals surface area (Å²) in [6, 6.07) is 10.1.